The molecule has 0 unspecified atom stereocenters. The van der Waals surface area contributed by atoms with Crippen LogP contribution < -0.4 is 0 Å². The SMILES string of the molecule is C=C/C=C\C(=C(C)C)/C(=C\C=C)c1nc(-c2ccccc2)nc(-c2ccc(C3(c4ccc(-c5cccc(-c6ccccc6)c5)cc4)CCCCC3)cc2)n1. The molecule has 0 amide bonds. The highest BCUT2D eigenvalue weighted by Gasteiger charge is 2.35. The second-order valence-electron chi connectivity index (χ2n) is 14.2. The minimum absolute atomic E-state index is 0.0453. The summed E-state index contributed by atoms with van der Waals surface area (Å²) in [5.41, 5.74) is 12.6. The van der Waals surface area contributed by atoms with E-state index in [4.69, 9.17) is 15.0 Å². The van der Waals surface area contributed by atoms with Gasteiger partial charge in [-0.1, -0.05) is 196 Å². The average molecular weight is 702 g/mol. The van der Waals surface area contributed by atoms with E-state index in [1.807, 2.05) is 42.5 Å². The van der Waals surface area contributed by atoms with E-state index in [2.05, 4.69) is 136 Å². The molecule has 1 aliphatic rings. The second kappa shape index (κ2) is 16.7. The van der Waals surface area contributed by atoms with Gasteiger partial charge in [0.15, 0.2) is 17.5 Å². The summed E-state index contributed by atoms with van der Waals surface area (Å²) in [6, 6.07) is 47.9. The summed E-state index contributed by atoms with van der Waals surface area (Å²) in [5.74, 6) is 1.88. The number of hydrogen-bond acceptors (Lipinski definition) is 3. The van der Waals surface area contributed by atoms with Crippen molar-refractivity contribution in [2.24, 2.45) is 0 Å². The standard InChI is InChI=1S/C51H47N3/c1-5-7-25-46(37(3)4)47(18-6-2)50-53-48(40-21-13-9-14-22-40)52-49(54-50)41-28-32-45(33-29-41)51(34-15-10-16-35-51)44-30-26-39(27-31-44)43-24-17-23-42(36-43)38-19-11-8-12-20-38/h5-9,11-14,17-33,36H,1-2,10,15-16,34-35H2,3-4H3/b25-7-,47-18+. The molecule has 1 heterocycles. The first-order valence-electron chi connectivity index (χ1n) is 19.0. The quantitative estimate of drug-likeness (QED) is 0.126. The van der Waals surface area contributed by atoms with Crippen molar-refractivity contribution in [3.63, 3.8) is 0 Å². The van der Waals surface area contributed by atoms with Crippen LogP contribution in [0.2, 0.25) is 0 Å². The summed E-state index contributed by atoms with van der Waals surface area (Å²) in [5, 5.41) is 0. The molecule has 0 N–H and O–H groups in total. The van der Waals surface area contributed by atoms with Gasteiger partial charge in [-0.15, -0.1) is 0 Å². The Morgan fingerprint density at radius 3 is 1.57 bits per heavy atom. The van der Waals surface area contributed by atoms with Crippen molar-refractivity contribution in [3.05, 3.63) is 205 Å². The van der Waals surface area contributed by atoms with Gasteiger partial charge in [-0.3, -0.25) is 0 Å². The zero-order valence-electron chi connectivity index (χ0n) is 31.4. The lowest BCUT2D eigenvalue weighted by Crippen LogP contribution is -2.30. The fraction of sp³-hybridized carbons (Fsp3) is 0.157. The van der Waals surface area contributed by atoms with Crippen molar-refractivity contribution < 1.29 is 0 Å². The number of aromatic nitrogens is 3. The zero-order valence-corrected chi connectivity index (χ0v) is 31.4. The van der Waals surface area contributed by atoms with Crippen LogP contribution in [0.25, 0.3) is 50.6 Å². The molecule has 3 nitrogen and oxygen atoms in total. The molecule has 7 rings (SSSR count). The van der Waals surface area contributed by atoms with Gasteiger partial charge in [0.2, 0.25) is 0 Å². The van der Waals surface area contributed by atoms with Crippen LogP contribution >= 0.6 is 0 Å². The first-order chi connectivity index (χ1) is 26.5. The van der Waals surface area contributed by atoms with Gasteiger partial charge in [0.05, 0.1) is 0 Å². The van der Waals surface area contributed by atoms with E-state index >= 15 is 0 Å². The van der Waals surface area contributed by atoms with Crippen molar-refractivity contribution in [2.45, 2.75) is 51.4 Å². The third kappa shape index (κ3) is 7.77. The Morgan fingerprint density at radius 2 is 1.04 bits per heavy atom. The molecule has 1 aromatic heterocycles. The van der Waals surface area contributed by atoms with Crippen molar-refractivity contribution in [2.75, 3.05) is 0 Å². The maximum absolute atomic E-state index is 5.11. The van der Waals surface area contributed by atoms with Crippen LogP contribution in [0.15, 0.2) is 188 Å². The van der Waals surface area contributed by atoms with E-state index in [9.17, 15) is 0 Å². The minimum Gasteiger partial charge on any atom is -0.208 e. The molecule has 3 heteroatoms. The zero-order chi connectivity index (χ0) is 37.3. The van der Waals surface area contributed by atoms with Gasteiger partial charge in [0, 0.05) is 22.1 Å². The summed E-state index contributed by atoms with van der Waals surface area (Å²) < 4.78 is 0. The summed E-state index contributed by atoms with van der Waals surface area (Å²) in [6.07, 6.45) is 15.5. The third-order valence-corrected chi connectivity index (χ3v) is 10.6. The van der Waals surface area contributed by atoms with Gasteiger partial charge in [-0.2, -0.15) is 0 Å². The van der Waals surface area contributed by atoms with Crippen LogP contribution in [0.1, 0.15) is 62.9 Å². The maximum Gasteiger partial charge on any atom is 0.164 e. The summed E-state index contributed by atoms with van der Waals surface area (Å²) >= 11 is 0. The van der Waals surface area contributed by atoms with Crippen LogP contribution in [-0.4, -0.2) is 15.0 Å². The van der Waals surface area contributed by atoms with E-state index < -0.39 is 0 Å². The lowest BCUT2D eigenvalue weighted by atomic mass is 9.65. The van der Waals surface area contributed by atoms with Gasteiger partial charge < -0.3 is 0 Å². The fourth-order valence-electron chi connectivity index (χ4n) is 7.76. The number of rotatable bonds is 11. The smallest absolute Gasteiger partial charge is 0.164 e. The van der Waals surface area contributed by atoms with Crippen LogP contribution in [0, 0.1) is 0 Å². The van der Waals surface area contributed by atoms with E-state index in [1.165, 1.54) is 52.6 Å². The fourth-order valence-corrected chi connectivity index (χ4v) is 7.76. The molecule has 1 saturated carbocycles. The van der Waals surface area contributed by atoms with Crippen molar-refractivity contribution in [1.82, 2.24) is 15.0 Å². The number of nitrogens with zero attached hydrogens (tertiary/aromatic N) is 3. The Morgan fingerprint density at radius 1 is 0.537 bits per heavy atom. The molecule has 0 bridgehead atoms. The lowest BCUT2D eigenvalue weighted by Gasteiger charge is -2.39. The molecule has 0 aliphatic heterocycles. The average Bonchev–Trinajstić information content (AvgIpc) is 3.24. The normalized spacial score (nSPS) is 14.1. The number of allylic oxidation sites excluding steroid dienone is 8. The molecule has 0 atom stereocenters. The predicted octanol–water partition coefficient (Wildman–Crippen LogP) is 13.4. The van der Waals surface area contributed by atoms with Crippen molar-refractivity contribution >= 4 is 5.57 Å². The monoisotopic (exact) mass is 701 g/mol. The first kappa shape index (κ1) is 36.2. The second-order valence-corrected chi connectivity index (χ2v) is 14.2. The van der Waals surface area contributed by atoms with Gasteiger partial charge >= 0.3 is 0 Å². The van der Waals surface area contributed by atoms with Gasteiger partial charge in [0.25, 0.3) is 0 Å². The minimum atomic E-state index is -0.0453. The number of benzene rings is 5. The van der Waals surface area contributed by atoms with E-state index in [1.54, 1.807) is 12.2 Å². The number of hydrogen-bond donors (Lipinski definition) is 0. The topological polar surface area (TPSA) is 38.7 Å². The van der Waals surface area contributed by atoms with Crippen LogP contribution in [-0.2, 0) is 5.41 Å². The van der Waals surface area contributed by atoms with Gasteiger partial charge in [-0.25, -0.2) is 15.0 Å². The third-order valence-electron chi connectivity index (χ3n) is 10.6. The van der Waals surface area contributed by atoms with Crippen LogP contribution in [0.5, 0.6) is 0 Å². The molecule has 6 aromatic rings. The molecule has 0 saturated heterocycles. The lowest BCUT2D eigenvalue weighted by molar-refractivity contribution is 0.346. The first-order valence-corrected chi connectivity index (χ1v) is 19.0. The summed E-state index contributed by atoms with van der Waals surface area (Å²) in [6.45, 7) is 12.1. The predicted molar refractivity (Wildman–Crippen MR) is 228 cm³/mol. The molecule has 0 radical (unpaired) electrons. The molecule has 266 valence electrons. The molecular weight excluding hydrogens is 655 g/mol. The van der Waals surface area contributed by atoms with E-state index in [0.29, 0.717) is 17.5 Å². The van der Waals surface area contributed by atoms with E-state index in [-0.39, 0.29) is 5.41 Å². The van der Waals surface area contributed by atoms with Crippen molar-refractivity contribution in [1.29, 1.82) is 0 Å². The Hall–Kier alpha value is -6.19. The highest BCUT2D eigenvalue weighted by atomic mass is 15.0. The molecular formula is C51H47N3. The Kier molecular flexibility index (Phi) is 11.2. The Labute approximate surface area is 320 Å². The van der Waals surface area contributed by atoms with Crippen LogP contribution in [0.4, 0.5) is 0 Å². The summed E-state index contributed by atoms with van der Waals surface area (Å²) in [7, 11) is 0. The van der Waals surface area contributed by atoms with Gasteiger partial charge in [-0.05, 0) is 71.7 Å². The Bertz CT molecular complexity index is 2320. The molecule has 5 aromatic carbocycles. The molecule has 1 fully saturated rings. The van der Waals surface area contributed by atoms with E-state index in [0.717, 1.165) is 40.7 Å². The molecule has 1 aliphatic carbocycles. The van der Waals surface area contributed by atoms with Crippen molar-refractivity contribution in [3.8, 4) is 45.0 Å². The highest BCUT2D eigenvalue weighted by molar-refractivity contribution is 5.82. The molecule has 0 spiro atoms. The largest absolute Gasteiger partial charge is 0.208 e. The highest BCUT2D eigenvalue weighted by Crippen LogP contribution is 2.46. The Balaban J connectivity index is 1.26. The summed E-state index contributed by atoms with van der Waals surface area (Å²) in [4.78, 5) is 15.2. The van der Waals surface area contributed by atoms with Crippen LogP contribution in [0.3, 0.4) is 0 Å². The maximum atomic E-state index is 5.11. The molecule has 54 heavy (non-hydrogen) atoms. The van der Waals surface area contributed by atoms with Gasteiger partial charge in [0.1, 0.15) is 0 Å².